The van der Waals surface area contributed by atoms with Crippen LogP contribution in [0.4, 0.5) is 0 Å². The van der Waals surface area contributed by atoms with E-state index in [0.29, 0.717) is 24.8 Å². The molecular weight excluding hydrogens is 320 g/mol. The fourth-order valence-corrected chi connectivity index (χ4v) is 3.73. The zero-order valence-corrected chi connectivity index (χ0v) is 15.0. The lowest BCUT2D eigenvalue weighted by Gasteiger charge is -2.17. The molecule has 0 radical (unpaired) electrons. The molecular formula is C20H24O5. The summed E-state index contributed by atoms with van der Waals surface area (Å²) in [4.78, 5) is 36.9. The van der Waals surface area contributed by atoms with Crippen molar-refractivity contribution in [3.05, 3.63) is 35.5 Å². The van der Waals surface area contributed by atoms with Gasteiger partial charge >= 0.3 is 5.97 Å². The van der Waals surface area contributed by atoms with Gasteiger partial charge in [0.15, 0.2) is 17.2 Å². The molecule has 0 amide bonds. The van der Waals surface area contributed by atoms with E-state index in [-0.39, 0.29) is 42.1 Å². The number of Topliss-reactive ketones (excluding diaryl/α,β-unsaturated/α-hetero) is 1. The van der Waals surface area contributed by atoms with Crippen LogP contribution in [0.1, 0.15) is 46.5 Å². The highest BCUT2D eigenvalue weighted by atomic mass is 16.7. The third-order valence-electron chi connectivity index (χ3n) is 5.38. The first-order valence-corrected chi connectivity index (χ1v) is 8.70. The first-order chi connectivity index (χ1) is 11.7. The molecule has 0 aromatic carbocycles. The normalized spacial score (nSPS) is 40.1. The Balaban J connectivity index is 1.90. The van der Waals surface area contributed by atoms with Crippen molar-refractivity contribution in [2.45, 2.75) is 64.3 Å². The van der Waals surface area contributed by atoms with Gasteiger partial charge in [-0.3, -0.25) is 9.59 Å². The van der Waals surface area contributed by atoms with Gasteiger partial charge in [-0.2, -0.15) is 0 Å². The van der Waals surface area contributed by atoms with Crippen LogP contribution in [0.2, 0.25) is 0 Å². The number of epoxide rings is 1. The number of ketones is 2. The van der Waals surface area contributed by atoms with Crippen molar-refractivity contribution in [3.8, 4) is 0 Å². The number of carbonyl (C=O) groups excluding carboxylic acids is 3. The number of hydrogen-bond donors (Lipinski definition) is 0. The Morgan fingerprint density at radius 3 is 2.56 bits per heavy atom. The van der Waals surface area contributed by atoms with Gasteiger partial charge in [0.1, 0.15) is 12.2 Å². The summed E-state index contributed by atoms with van der Waals surface area (Å²) in [6.45, 7) is 9.35. The maximum Gasteiger partial charge on any atom is 0.341 e. The second-order valence-electron chi connectivity index (χ2n) is 7.51. The molecule has 134 valence electrons. The lowest BCUT2D eigenvalue weighted by Crippen LogP contribution is -2.24. The molecule has 2 bridgehead atoms. The topological polar surface area (TPSA) is 73.0 Å². The van der Waals surface area contributed by atoms with Crippen LogP contribution in [0.5, 0.6) is 0 Å². The molecule has 1 aliphatic carbocycles. The van der Waals surface area contributed by atoms with Crippen LogP contribution >= 0.6 is 0 Å². The summed E-state index contributed by atoms with van der Waals surface area (Å²) in [5.74, 6) is -0.656. The zero-order valence-electron chi connectivity index (χ0n) is 15.0. The lowest BCUT2D eigenvalue weighted by atomic mass is 9.85. The molecule has 25 heavy (non-hydrogen) atoms. The fourth-order valence-electron chi connectivity index (χ4n) is 3.73. The fraction of sp³-hybridized carbons (Fsp3) is 0.550. The molecule has 2 fully saturated rings. The van der Waals surface area contributed by atoms with Crippen molar-refractivity contribution in [2.24, 2.45) is 5.92 Å². The second kappa shape index (κ2) is 6.37. The number of allylic oxidation sites excluding steroid dienone is 4. The SMILES string of the molecule is C=C(C)[C@@H]1CC[C@]23O[C@H]2[C@H](C/C(C)=C\C(=O)/C=C(/C)C(=O)C1)OC3=O. The van der Waals surface area contributed by atoms with Crippen LogP contribution in [0.3, 0.4) is 0 Å². The van der Waals surface area contributed by atoms with E-state index < -0.39 is 5.60 Å². The second-order valence-corrected chi connectivity index (χ2v) is 7.51. The van der Waals surface area contributed by atoms with Gasteiger partial charge in [-0.05, 0) is 57.3 Å². The van der Waals surface area contributed by atoms with Gasteiger partial charge in [0.05, 0.1) is 0 Å². The van der Waals surface area contributed by atoms with Gasteiger partial charge in [-0.1, -0.05) is 17.7 Å². The van der Waals surface area contributed by atoms with E-state index in [2.05, 4.69) is 6.58 Å². The highest BCUT2D eigenvalue weighted by molar-refractivity contribution is 6.06. The number of hydrogen-bond acceptors (Lipinski definition) is 5. The third-order valence-corrected chi connectivity index (χ3v) is 5.38. The van der Waals surface area contributed by atoms with Gasteiger partial charge < -0.3 is 9.47 Å². The van der Waals surface area contributed by atoms with Crippen molar-refractivity contribution in [3.63, 3.8) is 0 Å². The van der Waals surface area contributed by atoms with Crippen molar-refractivity contribution < 1.29 is 23.9 Å². The molecule has 2 heterocycles. The van der Waals surface area contributed by atoms with Crippen LogP contribution < -0.4 is 0 Å². The number of ether oxygens (including phenoxy) is 2. The standard InChI is InChI=1S/C20H24O5/c1-11(2)14-5-6-20-18(25-20)17(24-19(20)23)8-12(3)7-15(21)9-13(4)16(22)10-14/h7,9,14,17-18H,1,5-6,8,10H2,2-4H3/b12-7-,13-9-/t14-,17+,18+,20+/m1/s1. The molecule has 3 rings (SSSR count). The first kappa shape index (κ1) is 17.8. The van der Waals surface area contributed by atoms with Gasteiger partial charge in [0.25, 0.3) is 0 Å². The van der Waals surface area contributed by atoms with Gasteiger partial charge in [0, 0.05) is 12.8 Å². The van der Waals surface area contributed by atoms with E-state index in [9.17, 15) is 14.4 Å². The quantitative estimate of drug-likeness (QED) is 0.415. The maximum absolute atomic E-state index is 12.4. The van der Waals surface area contributed by atoms with Gasteiger partial charge in [-0.15, -0.1) is 0 Å². The Labute approximate surface area is 147 Å². The minimum Gasteiger partial charge on any atom is -0.457 e. The highest BCUT2D eigenvalue weighted by Crippen LogP contribution is 2.52. The first-order valence-electron chi connectivity index (χ1n) is 8.70. The summed E-state index contributed by atoms with van der Waals surface area (Å²) in [7, 11) is 0. The average Bonchev–Trinajstić information content (AvgIpc) is 3.19. The van der Waals surface area contributed by atoms with Crippen LogP contribution in [0.15, 0.2) is 35.5 Å². The van der Waals surface area contributed by atoms with E-state index in [1.165, 1.54) is 12.2 Å². The molecule has 2 aliphatic heterocycles. The number of esters is 1. The Morgan fingerprint density at radius 1 is 1.20 bits per heavy atom. The molecule has 0 spiro atoms. The molecule has 4 atom stereocenters. The highest BCUT2D eigenvalue weighted by Gasteiger charge is 2.72. The molecule has 5 heteroatoms. The molecule has 3 aliphatic rings. The summed E-state index contributed by atoms with van der Waals surface area (Å²) in [6, 6.07) is 0. The van der Waals surface area contributed by atoms with E-state index in [1.54, 1.807) is 6.92 Å². The molecule has 0 aromatic rings. The Kier molecular flexibility index (Phi) is 4.54. The van der Waals surface area contributed by atoms with E-state index in [1.807, 2.05) is 13.8 Å². The van der Waals surface area contributed by atoms with Crippen LogP contribution in [0.25, 0.3) is 0 Å². The molecule has 0 N–H and O–H groups in total. The van der Waals surface area contributed by atoms with Gasteiger partial charge in [-0.25, -0.2) is 4.79 Å². The Bertz CT molecular complexity index is 714. The summed E-state index contributed by atoms with van der Waals surface area (Å²) in [5.41, 5.74) is 1.29. The minimum atomic E-state index is -0.860. The molecule has 0 saturated carbocycles. The van der Waals surface area contributed by atoms with Crippen molar-refractivity contribution in [1.82, 2.24) is 0 Å². The predicted octanol–water partition coefficient (Wildman–Crippen LogP) is 2.85. The molecule has 0 unspecified atom stereocenters. The van der Waals surface area contributed by atoms with E-state index in [0.717, 1.165) is 11.1 Å². The monoisotopic (exact) mass is 344 g/mol. The number of rotatable bonds is 1. The summed E-state index contributed by atoms with van der Waals surface area (Å²) < 4.78 is 11.2. The van der Waals surface area contributed by atoms with Crippen molar-refractivity contribution in [1.29, 1.82) is 0 Å². The minimum absolute atomic E-state index is 0.0442. The zero-order chi connectivity index (χ0) is 18.4. The molecule has 5 nitrogen and oxygen atoms in total. The maximum atomic E-state index is 12.4. The smallest absolute Gasteiger partial charge is 0.341 e. The molecule has 2 saturated heterocycles. The van der Waals surface area contributed by atoms with Crippen molar-refractivity contribution >= 4 is 17.5 Å². The third kappa shape index (κ3) is 3.38. The van der Waals surface area contributed by atoms with Crippen LogP contribution in [-0.4, -0.2) is 35.3 Å². The number of carbonyl (C=O) groups is 3. The summed E-state index contributed by atoms with van der Waals surface area (Å²) in [5, 5.41) is 0. The van der Waals surface area contributed by atoms with Crippen LogP contribution in [0, 0.1) is 5.92 Å². The summed E-state index contributed by atoms with van der Waals surface area (Å²) >= 11 is 0. The average molecular weight is 344 g/mol. The van der Waals surface area contributed by atoms with Gasteiger partial charge in [0.2, 0.25) is 0 Å². The lowest BCUT2D eigenvalue weighted by molar-refractivity contribution is -0.154. The predicted molar refractivity (Wildman–Crippen MR) is 91.8 cm³/mol. The van der Waals surface area contributed by atoms with E-state index in [4.69, 9.17) is 9.47 Å². The van der Waals surface area contributed by atoms with Crippen molar-refractivity contribution in [2.75, 3.05) is 0 Å². The summed E-state index contributed by atoms with van der Waals surface area (Å²) in [6.07, 6.45) is 4.20. The Morgan fingerprint density at radius 2 is 1.92 bits per heavy atom. The van der Waals surface area contributed by atoms with E-state index >= 15 is 0 Å². The van der Waals surface area contributed by atoms with Crippen LogP contribution in [-0.2, 0) is 23.9 Å². The largest absolute Gasteiger partial charge is 0.457 e. The Hall–Kier alpha value is -2.01. The molecule has 0 aromatic heterocycles.